The lowest BCUT2D eigenvalue weighted by molar-refractivity contribution is 0.112. The highest BCUT2D eigenvalue weighted by atomic mass is 16.5. The predicted octanol–water partition coefficient (Wildman–Crippen LogP) is 1.68. The summed E-state index contributed by atoms with van der Waals surface area (Å²) in [5.74, 6) is 1.11. The van der Waals surface area contributed by atoms with Crippen LogP contribution in [0, 0.1) is 6.92 Å². The van der Waals surface area contributed by atoms with E-state index in [0.717, 1.165) is 5.39 Å². The number of aromatic nitrogens is 1. The summed E-state index contributed by atoms with van der Waals surface area (Å²) < 4.78 is 11.9. The molecule has 0 saturated carbocycles. The summed E-state index contributed by atoms with van der Waals surface area (Å²) in [4.78, 5) is 23.1. The van der Waals surface area contributed by atoms with Crippen molar-refractivity contribution in [2.24, 2.45) is 7.05 Å². The summed E-state index contributed by atoms with van der Waals surface area (Å²) in [7, 11) is 4.71. The van der Waals surface area contributed by atoms with Crippen LogP contribution in [0.2, 0.25) is 0 Å². The fourth-order valence-electron chi connectivity index (χ4n) is 2.18. The molecule has 100 valence electrons. The topological polar surface area (TPSA) is 57.5 Å². The number of carbonyl (C=O) groups excluding carboxylic acids is 1. The molecule has 0 aliphatic rings. The van der Waals surface area contributed by atoms with E-state index < -0.39 is 0 Å². The molecule has 0 unspecified atom stereocenters. The minimum Gasteiger partial charge on any atom is -0.493 e. The van der Waals surface area contributed by atoms with E-state index in [1.807, 2.05) is 0 Å². The Morgan fingerprint density at radius 2 is 1.74 bits per heavy atom. The molecule has 1 heterocycles. The maximum Gasteiger partial charge on any atom is 0.261 e. The summed E-state index contributed by atoms with van der Waals surface area (Å²) >= 11 is 0. The maximum absolute atomic E-state index is 12.0. The minimum atomic E-state index is -0.313. The number of carbonyl (C=O) groups is 1. The van der Waals surface area contributed by atoms with Crippen molar-refractivity contribution in [3.05, 3.63) is 33.6 Å². The monoisotopic (exact) mass is 261 g/mol. The van der Waals surface area contributed by atoms with Crippen molar-refractivity contribution in [2.75, 3.05) is 14.2 Å². The van der Waals surface area contributed by atoms with Crippen molar-refractivity contribution in [1.29, 1.82) is 0 Å². The minimum absolute atomic E-state index is 0.169. The fraction of sp³-hybridized carbons (Fsp3) is 0.286. The number of rotatable bonds is 3. The number of hydrogen-bond donors (Lipinski definition) is 0. The van der Waals surface area contributed by atoms with E-state index in [2.05, 4.69) is 0 Å². The van der Waals surface area contributed by atoms with Crippen LogP contribution in [0.3, 0.4) is 0 Å². The standard InChI is InChI=1S/C14H15NO4/c1-8-9-5-12(18-3)13(19-4)6-11(9)15(2)14(17)10(8)7-16/h5-7H,1-4H3. The smallest absolute Gasteiger partial charge is 0.261 e. The summed E-state index contributed by atoms with van der Waals surface area (Å²) in [6, 6.07) is 3.51. The van der Waals surface area contributed by atoms with Crippen molar-refractivity contribution < 1.29 is 14.3 Å². The molecular formula is C14H15NO4. The molecule has 0 bridgehead atoms. The van der Waals surface area contributed by atoms with E-state index in [4.69, 9.17) is 9.47 Å². The molecule has 1 aromatic carbocycles. The second-order valence-electron chi connectivity index (χ2n) is 4.25. The van der Waals surface area contributed by atoms with Gasteiger partial charge < -0.3 is 14.0 Å². The van der Waals surface area contributed by atoms with Crippen molar-refractivity contribution >= 4 is 17.2 Å². The van der Waals surface area contributed by atoms with Crippen LogP contribution in [0.5, 0.6) is 11.5 Å². The summed E-state index contributed by atoms with van der Waals surface area (Å²) in [6.07, 6.45) is 0.591. The first-order valence-corrected chi connectivity index (χ1v) is 5.75. The molecule has 5 heteroatoms. The molecular weight excluding hydrogens is 246 g/mol. The van der Waals surface area contributed by atoms with E-state index in [-0.39, 0.29) is 11.1 Å². The Kier molecular flexibility index (Phi) is 3.29. The van der Waals surface area contributed by atoms with Gasteiger partial charge in [0.25, 0.3) is 5.56 Å². The van der Waals surface area contributed by atoms with Crippen LogP contribution in [0.4, 0.5) is 0 Å². The molecule has 0 atom stereocenters. The largest absolute Gasteiger partial charge is 0.493 e. The Bertz CT molecular complexity index is 716. The lowest BCUT2D eigenvalue weighted by atomic mass is 10.0. The van der Waals surface area contributed by atoms with E-state index in [1.165, 1.54) is 11.7 Å². The predicted molar refractivity (Wildman–Crippen MR) is 72.4 cm³/mol. The van der Waals surface area contributed by atoms with E-state index >= 15 is 0 Å². The van der Waals surface area contributed by atoms with Gasteiger partial charge in [0.05, 0.1) is 25.3 Å². The molecule has 0 radical (unpaired) electrons. The van der Waals surface area contributed by atoms with Gasteiger partial charge in [-0.3, -0.25) is 9.59 Å². The number of aldehydes is 1. The van der Waals surface area contributed by atoms with Gasteiger partial charge in [-0.05, 0) is 18.6 Å². The molecule has 5 nitrogen and oxygen atoms in total. The van der Waals surface area contributed by atoms with Gasteiger partial charge in [0.1, 0.15) is 0 Å². The number of nitrogens with zero attached hydrogens (tertiary/aromatic N) is 1. The lowest BCUT2D eigenvalue weighted by Gasteiger charge is -2.14. The van der Waals surface area contributed by atoms with Crippen LogP contribution < -0.4 is 15.0 Å². The Labute approximate surface area is 110 Å². The Hall–Kier alpha value is -2.30. The van der Waals surface area contributed by atoms with Gasteiger partial charge in [0.15, 0.2) is 17.8 Å². The number of aryl methyl sites for hydroxylation is 2. The number of methoxy groups -OCH3 is 2. The van der Waals surface area contributed by atoms with Crippen LogP contribution in [0.25, 0.3) is 10.9 Å². The number of fused-ring (bicyclic) bond motifs is 1. The van der Waals surface area contributed by atoms with Crippen molar-refractivity contribution in [1.82, 2.24) is 4.57 Å². The van der Waals surface area contributed by atoms with E-state index in [0.29, 0.717) is 28.9 Å². The first-order valence-electron chi connectivity index (χ1n) is 5.75. The molecule has 0 fully saturated rings. The molecule has 0 aliphatic carbocycles. The molecule has 0 saturated heterocycles. The third-order valence-electron chi connectivity index (χ3n) is 3.32. The number of pyridine rings is 1. The molecule has 0 amide bonds. The van der Waals surface area contributed by atoms with Gasteiger partial charge in [-0.1, -0.05) is 0 Å². The second kappa shape index (κ2) is 4.76. The normalized spacial score (nSPS) is 10.5. The summed E-state index contributed by atoms with van der Waals surface area (Å²) in [6.45, 7) is 1.75. The Morgan fingerprint density at radius 1 is 1.16 bits per heavy atom. The van der Waals surface area contributed by atoms with Crippen molar-refractivity contribution in [3.8, 4) is 11.5 Å². The van der Waals surface area contributed by atoms with Crippen molar-refractivity contribution in [2.45, 2.75) is 6.92 Å². The van der Waals surface area contributed by atoms with Crippen molar-refractivity contribution in [3.63, 3.8) is 0 Å². The van der Waals surface area contributed by atoms with Gasteiger partial charge in [0, 0.05) is 18.5 Å². The van der Waals surface area contributed by atoms with Gasteiger partial charge in [0.2, 0.25) is 0 Å². The highest BCUT2D eigenvalue weighted by Gasteiger charge is 2.15. The highest BCUT2D eigenvalue weighted by molar-refractivity contribution is 5.92. The number of benzene rings is 1. The molecule has 1 aromatic heterocycles. The summed E-state index contributed by atoms with van der Waals surface area (Å²) in [5.41, 5.74) is 1.20. The average Bonchev–Trinajstić information content (AvgIpc) is 2.44. The Morgan fingerprint density at radius 3 is 2.26 bits per heavy atom. The van der Waals surface area contributed by atoms with Gasteiger partial charge >= 0.3 is 0 Å². The Balaban J connectivity index is 3.00. The molecule has 19 heavy (non-hydrogen) atoms. The molecule has 2 aromatic rings. The van der Waals surface area contributed by atoms with Crippen LogP contribution >= 0.6 is 0 Å². The third kappa shape index (κ3) is 1.87. The van der Waals surface area contributed by atoms with Crippen LogP contribution in [-0.2, 0) is 7.05 Å². The molecule has 0 N–H and O–H groups in total. The van der Waals surface area contributed by atoms with Gasteiger partial charge in [-0.15, -0.1) is 0 Å². The number of ether oxygens (including phenoxy) is 2. The van der Waals surface area contributed by atoms with Crippen LogP contribution in [0.15, 0.2) is 16.9 Å². The van der Waals surface area contributed by atoms with E-state index in [9.17, 15) is 9.59 Å². The second-order valence-corrected chi connectivity index (χ2v) is 4.25. The van der Waals surface area contributed by atoms with Gasteiger partial charge in [-0.25, -0.2) is 0 Å². The third-order valence-corrected chi connectivity index (χ3v) is 3.32. The zero-order valence-corrected chi connectivity index (χ0v) is 11.3. The first-order chi connectivity index (χ1) is 9.04. The van der Waals surface area contributed by atoms with Gasteiger partial charge in [-0.2, -0.15) is 0 Å². The quantitative estimate of drug-likeness (QED) is 0.789. The van der Waals surface area contributed by atoms with E-state index in [1.54, 1.807) is 33.2 Å². The highest BCUT2D eigenvalue weighted by Crippen LogP contribution is 2.33. The molecule has 0 aliphatic heterocycles. The maximum atomic E-state index is 12.0. The summed E-state index contributed by atoms with van der Waals surface area (Å²) in [5, 5.41) is 0.793. The SMILES string of the molecule is COc1cc2c(C)c(C=O)c(=O)n(C)c2cc1OC. The zero-order chi connectivity index (χ0) is 14.2. The zero-order valence-electron chi connectivity index (χ0n) is 11.3. The first kappa shape index (κ1) is 13.1. The van der Waals surface area contributed by atoms with Crippen LogP contribution in [0.1, 0.15) is 15.9 Å². The average molecular weight is 261 g/mol. The van der Waals surface area contributed by atoms with Crippen LogP contribution in [-0.4, -0.2) is 25.1 Å². The lowest BCUT2D eigenvalue weighted by Crippen LogP contribution is -2.22. The molecule has 0 spiro atoms. The molecule has 2 rings (SSSR count). The number of hydrogen-bond acceptors (Lipinski definition) is 4. The fourth-order valence-corrected chi connectivity index (χ4v) is 2.18.